The van der Waals surface area contributed by atoms with Gasteiger partial charge in [0.25, 0.3) is 0 Å². The summed E-state index contributed by atoms with van der Waals surface area (Å²) < 4.78 is 5.61. The van der Waals surface area contributed by atoms with Gasteiger partial charge in [0.1, 0.15) is 5.75 Å². The summed E-state index contributed by atoms with van der Waals surface area (Å²) in [6.07, 6.45) is 4.17. The normalized spacial score (nSPS) is 12.2. The zero-order valence-corrected chi connectivity index (χ0v) is 20.7. The SMILES string of the molecule is COc1ccc(-c2nnn(C(C)C)n2)cc1CCCC(C)(C)Cc1csc(C(C)C)n1. The van der Waals surface area contributed by atoms with Crippen LogP contribution in [0, 0.1) is 5.41 Å². The van der Waals surface area contributed by atoms with E-state index in [0.717, 1.165) is 37.0 Å². The summed E-state index contributed by atoms with van der Waals surface area (Å²) in [4.78, 5) is 6.47. The molecule has 3 rings (SSSR count). The standard InChI is InChI=1S/C24H35N5OS/c1-16(2)23-25-20(15-31-23)14-24(5,6)12-8-9-18-13-19(10-11-21(18)30-7)22-26-28-29(27-22)17(3)4/h10-11,13,15-17H,8-9,12,14H2,1-7H3. The summed E-state index contributed by atoms with van der Waals surface area (Å²) in [6, 6.07) is 6.34. The number of hydrogen-bond acceptors (Lipinski definition) is 6. The molecule has 1 aromatic carbocycles. The predicted molar refractivity (Wildman–Crippen MR) is 127 cm³/mol. The van der Waals surface area contributed by atoms with E-state index in [2.05, 4.69) is 54.6 Å². The first-order chi connectivity index (χ1) is 14.7. The van der Waals surface area contributed by atoms with Crippen molar-refractivity contribution in [1.82, 2.24) is 25.2 Å². The molecule has 0 bridgehead atoms. The van der Waals surface area contributed by atoms with Crippen LogP contribution in [0.5, 0.6) is 5.75 Å². The highest BCUT2D eigenvalue weighted by Gasteiger charge is 2.21. The van der Waals surface area contributed by atoms with Crippen molar-refractivity contribution >= 4 is 11.3 Å². The highest BCUT2D eigenvalue weighted by molar-refractivity contribution is 7.09. The van der Waals surface area contributed by atoms with Crippen molar-refractivity contribution in [3.05, 3.63) is 39.8 Å². The summed E-state index contributed by atoms with van der Waals surface area (Å²) in [6.45, 7) is 13.2. The van der Waals surface area contributed by atoms with Crippen LogP contribution in [0.25, 0.3) is 11.4 Å². The van der Waals surface area contributed by atoms with Gasteiger partial charge in [-0.15, -0.1) is 21.5 Å². The Hall–Kier alpha value is -2.28. The molecule has 3 aromatic rings. The molecule has 2 heterocycles. The quantitative estimate of drug-likeness (QED) is 0.380. The van der Waals surface area contributed by atoms with Crippen LogP contribution in [-0.4, -0.2) is 32.3 Å². The van der Waals surface area contributed by atoms with Crippen molar-refractivity contribution in [3.8, 4) is 17.1 Å². The Balaban J connectivity index is 1.65. The number of hydrogen-bond donors (Lipinski definition) is 0. The monoisotopic (exact) mass is 441 g/mol. The average molecular weight is 442 g/mol. The number of ether oxygens (including phenoxy) is 1. The van der Waals surface area contributed by atoms with Crippen molar-refractivity contribution in [3.63, 3.8) is 0 Å². The van der Waals surface area contributed by atoms with Crippen LogP contribution in [0.15, 0.2) is 23.6 Å². The van der Waals surface area contributed by atoms with Gasteiger partial charge in [-0.3, -0.25) is 0 Å². The Morgan fingerprint density at radius 2 is 1.94 bits per heavy atom. The third-order valence-corrected chi connectivity index (χ3v) is 6.65. The number of thiazole rings is 1. The van der Waals surface area contributed by atoms with Crippen LogP contribution in [0.2, 0.25) is 0 Å². The van der Waals surface area contributed by atoms with Gasteiger partial charge in [-0.2, -0.15) is 4.80 Å². The smallest absolute Gasteiger partial charge is 0.204 e. The third-order valence-electron chi connectivity index (χ3n) is 5.45. The first kappa shape index (κ1) is 23.4. The van der Waals surface area contributed by atoms with Crippen LogP contribution in [0.3, 0.4) is 0 Å². The maximum Gasteiger partial charge on any atom is 0.204 e. The van der Waals surface area contributed by atoms with Gasteiger partial charge >= 0.3 is 0 Å². The summed E-state index contributed by atoms with van der Waals surface area (Å²) in [5.74, 6) is 2.07. The predicted octanol–water partition coefficient (Wildman–Crippen LogP) is 6.10. The molecule has 0 saturated carbocycles. The van der Waals surface area contributed by atoms with Crippen LogP contribution in [0.1, 0.15) is 82.6 Å². The van der Waals surface area contributed by atoms with Gasteiger partial charge in [0.15, 0.2) is 0 Å². The van der Waals surface area contributed by atoms with Crippen molar-refractivity contribution in [2.24, 2.45) is 5.41 Å². The third kappa shape index (κ3) is 6.12. The first-order valence-corrected chi connectivity index (χ1v) is 12.0. The minimum Gasteiger partial charge on any atom is -0.496 e. The van der Waals surface area contributed by atoms with Crippen LogP contribution >= 0.6 is 11.3 Å². The lowest BCUT2D eigenvalue weighted by atomic mass is 9.82. The van der Waals surface area contributed by atoms with E-state index in [1.165, 1.54) is 16.3 Å². The second kappa shape index (κ2) is 9.90. The fraction of sp³-hybridized carbons (Fsp3) is 0.583. The molecule has 168 valence electrons. The molecule has 0 spiro atoms. The van der Waals surface area contributed by atoms with Crippen molar-refractivity contribution in [2.75, 3.05) is 7.11 Å². The second-order valence-electron chi connectivity index (χ2n) is 9.58. The molecule has 0 atom stereocenters. The second-order valence-corrected chi connectivity index (χ2v) is 10.5. The lowest BCUT2D eigenvalue weighted by Crippen LogP contribution is -2.15. The topological polar surface area (TPSA) is 65.7 Å². The summed E-state index contributed by atoms with van der Waals surface area (Å²) in [5, 5.41) is 16.3. The molecule has 0 saturated heterocycles. The highest BCUT2D eigenvalue weighted by Crippen LogP contribution is 2.32. The summed E-state index contributed by atoms with van der Waals surface area (Å²) >= 11 is 1.78. The number of aryl methyl sites for hydroxylation is 1. The molecule has 6 nitrogen and oxygen atoms in total. The molecular formula is C24H35N5OS. The van der Waals surface area contributed by atoms with Gasteiger partial charge in [-0.05, 0) is 73.9 Å². The van der Waals surface area contributed by atoms with E-state index in [1.54, 1.807) is 23.2 Å². The fourth-order valence-corrected chi connectivity index (χ4v) is 4.51. The first-order valence-electron chi connectivity index (χ1n) is 11.1. The highest BCUT2D eigenvalue weighted by atomic mass is 32.1. The van der Waals surface area contributed by atoms with E-state index in [-0.39, 0.29) is 11.5 Å². The fourth-order valence-electron chi connectivity index (χ4n) is 3.68. The maximum atomic E-state index is 5.61. The molecule has 7 heteroatoms. The molecule has 0 aliphatic rings. The van der Waals surface area contributed by atoms with Gasteiger partial charge in [-0.25, -0.2) is 4.98 Å². The Labute approximate surface area is 190 Å². The Kier molecular flexibility index (Phi) is 7.46. The van der Waals surface area contributed by atoms with Crippen molar-refractivity contribution < 1.29 is 4.74 Å². The largest absolute Gasteiger partial charge is 0.496 e. The van der Waals surface area contributed by atoms with Gasteiger partial charge in [0.05, 0.1) is 23.9 Å². The molecular weight excluding hydrogens is 406 g/mol. The van der Waals surface area contributed by atoms with E-state index in [4.69, 9.17) is 9.72 Å². The molecule has 0 fully saturated rings. The summed E-state index contributed by atoms with van der Waals surface area (Å²) in [7, 11) is 1.73. The lowest BCUT2D eigenvalue weighted by Gasteiger charge is -2.24. The maximum absolute atomic E-state index is 5.61. The number of methoxy groups -OCH3 is 1. The van der Waals surface area contributed by atoms with Crippen LogP contribution in [0.4, 0.5) is 0 Å². The minimum absolute atomic E-state index is 0.190. The zero-order valence-electron chi connectivity index (χ0n) is 19.8. The Bertz CT molecular complexity index is 990. The number of tetrazole rings is 1. The van der Waals surface area contributed by atoms with Gasteiger partial charge in [-0.1, -0.05) is 27.7 Å². The molecule has 31 heavy (non-hydrogen) atoms. The van der Waals surface area contributed by atoms with E-state index < -0.39 is 0 Å². The van der Waals surface area contributed by atoms with Crippen LogP contribution in [-0.2, 0) is 12.8 Å². The van der Waals surface area contributed by atoms with E-state index in [9.17, 15) is 0 Å². The average Bonchev–Trinajstić information content (AvgIpc) is 3.37. The number of nitrogens with zero attached hydrogens (tertiary/aromatic N) is 5. The van der Waals surface area contributed by atoms with E-state index in [1.807, 2.05) is 26.0 Å². The van der Waals surface area contributed by atoms with Gasteiger partial charge in [0.2, 0.25) is 5.82 Å². The van der Waals surface area contributed by atoms with E-state index in [0.29, 0.717) is 11.7 Å². The number of rotatable bonds is 10. The molecule has 0 unspecified atom stereocenters. The molecule has 0 aliphatic heterocycles. The van der Waals surface area contributed by atoms with Crippen LogP contribution < -0.4 is 4.74 Å². The van der Waals surface area contributed by atoms with E-state index >= 15 is 0 Å². The van der Waals surface area contributed by atoms with Gasteiger partial charge < -0.3 is 4.74 Å². The molecule has 0 aliphatic carbocycles. The Morgan fingerprint density at radius 3 is 2.55 bits per heavy atom. The zero-order chi connectivity index (χ0) is 22.6. The van der Waals surface area contributed by atoms with Crippen molar-refractivity contribution in [1.29, 1.82) is 0 Å². The Morgan fingerprint density at radius 1 is 1.16 bits per heavy atom. The molecule has 0 N–H and O–H groups in total. The molecule has 0 amide bonds. The summed E-state index contributed by atoms with van der Waals surface area (Å²) in [5.41, 5.74) is 3.59. The van der Waals surface area contributed by atoms with Crippen molar-refractivity contribution in [2.45, 2.75) is 79.2 Å². The minimum atomic E-state index is 0.190. The number of benzene rings is 1. The molecule has 0 radical (unpaired) electrons. The lowest BCUT2D eigenvalue weighted by molar-refractivity contribution is 0.319. The molecule has 2 aromatic heterocycles. The van der Waals surface area contributed by atoms with Gasteiger partial charge in [0, 0.05) is 16.9 Å². The number of aromatic nitrogens is 5.